The van der Waals surface area contributed by atoms with Gasteiger partial charge in [0.15, 0.2) is 0 Å². The Morgan fingerprint density at radius 3 is 2.75 bits per heavy atom. The van der Waals surface area contributed by atoms with Crippen LogP contribution in [0.25, 0.3) is 0 Å². The minimum Gasteiger partial charge on any atom is -0.434 e. The van der Waals surface area contributed by atoms with Crippen LogP contribution in [0.1, 0.15) is 24.1 Å². The number of halogens is 2. The zero-order valence-corrected chi connectivity index (χ0v) is 12.0. The molecule has 1 unspecified atom stereocenters. The van der Waals surface area contributed by atoms with Crippen LogP contribution in [0.2, 0.25) is 0 Å². The van der Waals surface area contributed by atoms with Crippen molar-refractivity contribution in [3.63, 3.8) is 0 Å². The van der Waals surface area contributed by atoms with Crippen molar-refractivity contribution >= 4 is 11.3 Å². The van der Waals surface area contributed by atoms with Crippen LogP contribution in [-0.2, 0) is 6.42 Å². The predicted octanol–water partition coefficient (Wildman–Crippen LogP) is 4.24. The van der Waals surface area contributed by atoms with Crippen LogP contribution in [0.5, 0.6) is 5.75 Å². The third-order valence-corrected chi connectivity index (χ3v) is 3.78. The lowest BCUT2D eigenvalue weighted by atomic mass is 10.1. The number of thiophene rings is 1. The highest BCUT2D eigenvalue weighted by atomic mass is 32.1. The normalized spacial score (nSPS) is 12.6. The van der Waals surface area contributed by atoms with Crippen LogP contribution in [0.4, 0.5) is 8.78 Å². The fourth-order valence-corrected chi connectivity index (χ4v) is 2.72. The van der Waals surface area contributed by atoms with E-state index in [1.54, 1.807) is 29.5 Å². The molecule has 0 saturated carbocycles. The van der Waals surface area contributed by atoms with Crippen LogP contribution in [0, 0.1) is 0 Å². The lowest BCUT2D eigenvalue weighted by Gasteiger charge is -2.17. The first-order chi connectivity index (χ1) is 9.66. The molecule has 0 bridgehead atoms. The van der Waals surface area contributed by atoms with E-state index in [4.69, 9.17) is 0 Å². The molecule has 1 N–H and O–H groups in total. The second-order valence-electron chi connectivity index (χ2n) is 4.47. The molecule has 0 aliphatic carbocycles. The van der Waals surface area contributed by atoms with Crippen molar-refractivity contribution in [1.29, 1.82) is 0 Å². The molecule has 1 aromatic heterocycles. The van der Waals surface area contributed by atoms with Gasteiger partial charge in [0.25, 0.3) is 0 Å². The molecule has 5 heteroatoms. The van der Waals surface area contributed by atoms with Crippen LogP contribution < -0.4 is 10.1 Å². The molecule has 1 aromatic carbocycles. The van der Waals surface area contributed by atoms with Crippen LogP contribution in [-0.4, -0.2) is 13.2 Å². The summed E-state index contributed by atoms with van der Waals surface area (Å²) in [6.07, 6.45) is 0.922. The van der Waals surface area contributed by atoms with Gasteiger partial charge in [-0.1, -0.05) is 18.2 Å². The Hall–Kier alpha value is -1.46. The van der Waals surface area contributed by atoms with E-state index >= 15 is 0 Å². The molecule has 2 nitrogen and oxygen atoms in total. The Bertz CT molecular complexity index is 516. The van der Waals surface area contributed by atoms with Crippen LogP contribution >= 0.6 is 11.3 Å². The summed E-state index contributed by atoms with van der Waals surface area (Å²) in [6.45, 7) is -0.0588. The largest absolute Gasteiger partial charge is 0.434 e. The monoisotopic (exact) mass is 297 g/mol. The van der Waals surface area contributed by atoms with Gasteiger partial charge in [0.1, 0.15) is 5.75 Å². The van der Waals surface area contributed by atoms with Gasteiger partial charge >= 0.3 is 6.61 Å². The molecule has 0 amide bonds. The number of rotatable bonds is 7. The summed E-state index contributed by atoms with van der Waals surface area (Å²) >= 11 is 1.67. The topological polar surface area (TPSA) is 21.3 Å². The van der Waals surface area contributed by atoms with Crippen LogP contribution in [0.15, 0.2) is 41.1 Å². The van der Waals surface area contributed by atoms with Gasteiger partial charge in [0.05, 0.1) is 0 Å². The molecular weight excluding hydrogens is 280 g/mol. The number of nitrogens with one attached hydrogen (secondary N) is 1. The predicted molar refractivity (Wildman–Crippen MR) is 77.5 cm³/mol. The van der Waals surface area contributed by atoms with Gasteiger partial charge < -0.3 is 10.1 Å². The van der Waals surface area contributed by atoms with E-state index in [0.717, 1.165) is 18.5 Å². The van der Waals surface area contributed by atoms with Crippen molar-refractivity contribution in [2.24, 2.45) is 0 Å². The van der Waals surface area contributed by atoms with Gasteiger partial charge in [-0.25, -0.2) is 0 Å². The molecule has 20 heavy (non-hydrogen) atoms. The van der Waals surface area contributed by atoms with Crippen LogP contribution in [0.3, 0.4) is 0 Å². The number of alkyl halides is 2. The van der Waals surface area contributed by atoms with Crippen molar-refractivity contribution in [1.82, 2.24) is 5.32 Å². The van der Waals surface area contributed by atoms with Gasteiger partial charge in [-0.15, -0.1) is 0 Å². The highest BCUT2D eigenvalue weighted by Gasteiger charge is 2.13. The summed E-state index contributed by atoms with van der Waals surface area (Å²) in [6, 6.07) is 8.94. The molecule has 1 heterocycles. The van der Waals surface area contributed by atoms with E-state index < -0.39 is 6.61 Å². The average Bonchev–Trinajstić information content (AvgIpc) is 2.91. The molecule has 0 aliphatic rings. The number of benzene rings is 1. The summed E-state index contributed by atoms with van der Waals surface area (Å²) in [4.78, 5) is 0. The first-order valence-corrected chi connectivity index (χ1v) is 7.39. The zero-order valence-electron chi connectivity index (χ0n) is 11.2. The summed E-state index contributed by atoms with van der Waals surface area (Å²) in [5, 5.41) is 7.49. The molecule has 2 rings (SSSR count). The van der Waals surface area contributed by atoms with E-state index in [1.807, 2.05) is 18.4 Å². The van der Waals surface area contributed by atoms with E-state index in [-0.39, 0.29) is 11.8 Å². The quantitative estimate of drug-likeness (QED) is 0.825. The van der Waals surface area contributed by atoms with Gasteiger partial charge in [-0.05, 0) is 48.3 Å². The van der Waals surface area contributed by atoms with Gasteiger partial charge in [0.2, 0.25) is 0 Å². The molecule has 1 atom stereocenters. The van der Waals surface area contributed by atoms with Crippen molar-refractivity contribution in [3.8, 4) is 5.75 Å². The minimum atomic E-state index is -2.80. The summed E-state index contributed by atoms with van der Waals surface area (Å²) < 4.78 is 29.3. The van der Waals surface area contributed by atoms with Crippen molar-refractivity contribution < 1.29 is 13.5 Å². The lowest BCUT2D eigenvalue weighted by Crippen LogP contribution is -2.22. The van der Waals surface area contributed by atoms with E-state index in [1.165, 1.54) is 5.56 Å². The number of ether oxygens (including phenoxy) is 1. The van der Waals surface area contributed by atoms with Crippen molar-refractivity contribution in [2.75, 3.05) is 6.54 Å². The third-order valence-electron chi connectivity index (χ3n) is 3.05. The molecule has 0 radical (unpaired) electrons. The molecular formula is C15H17F2NOS. The molecule has 0 spiro atoms. The Balaban J connectivity index is 1.92. The van der Waals surface area contributed by atoms with E-state index in [9.17, 15) is 8.78 Å². The molecule has 108 valence electrons. The Kier molecular flexibility index (Phi) is 5.49. The highest BCUT2D eigenvalue weighted by Crippen LogP contribution is 2.26. The zero-order chi connectivity index (χ0) is 14.4. The Morgan fingerprint density at radius 2 is 2.05 bits per heavy atom. The van der Waals surface area contributed by atoms with Gasteiger partial charge in [-0.3, -0.25) is 0 Å². The van der Waals surface area contributed by atoms with E-state index in [2.05, 4.69) is 21.5 Å². The summed E-state index contributed by atoms with van der Waals surface area (Å²) in [5.74, 6) is 0.234. The summed E-state index contributed by atoms with van der Waals surface area (Å²) in [5.41, 5.74) is 2.03. The second-order valence-corrected chi connectivity index (χ2v) is 5.25. The standard InChI is InChI=1S/C15H17F2NOS/c1-11(18-8-6-12-7-9-20-10-12)13-4-2-3-5-14(13)19-15(16)17/h2-5,7,9-11,15,18H,6,8H2,1H3. The second kappa shape index (κ2) is 7.36. The maximum absolute atomic E-state index is 12.4. The smallest absolute Gasteiger partial charge is 0.387 e. The molecule has 0 saturated heterocycles. The Morgan fingerprint density at radius 1 is 1.25 bits per heavy atom. The number of hydrogen-bond donors (Lipinski definition) is 1. The average molecular weight is 297 g/mol. The molecule has 2 aromatic rings. The number of hydrogen-bond acceptors (Lipinski definition) is 3. The summed E-state index contributed by atoms with van der Waals surface area (Å²) in [7, 11) is 0. The fourth-order valence-electron chi connectivity index (χ4n) is 2.02. The fraction of sp³-hybridized carbons (Fsp3) is 0.333. The minimum absolute atomic E-state index is 0.0383. The van der Waals surface area contributed by atoms with Gasteiger partial charge in [0, 0.05) is 11.6 Å². The number of para-hydroxylation sites is 1. The van der Waals surface area contributed by atoms with Crippen molar-refractivity contribution in [2.45, 2.75) is 26.0 Å². The highest BCUT2D eigenvalue weighted by molar-refractivity contribution is 7.07. The first kappa shape index (κ1) is 14.9. The maximum atomic E-state index is 12.4. The van der Waals surface area contributed by atoms with Crippen molar-refractivity contribution in [3.05, 3.63) is 52.2 Å². The lowest BCUT2D eigenvalue weighted by molar-refractivity contribution is -0.0506. The third kappa shape index (κ3) is 4.28. The van der Waals surface area contributed by atoms with E-state index in [0.29, 0.717) is 0 Å². The SMILES string of the molecule is CC(NCCc1ccsc1)c1ccccc1OC(F)F. The Labute approximate surface area is 121 Å². The maximum Gasteiger partial charge on any atom is 0.387 e. The molecule has 0 aliphatic heterocycles. The van der Waals surface area contributed by atoms with Gasteiger partial charge in [-0.2, -0.15) is 20.1 Å². The first-order valence-electron chi connectivity index (χ1n) is 6.45. The molecule has 0 fully saturated rings.